The summed E-state index contributed by atoms with van der Waals surface area (Å²) in [7, 11) is 8.62. The fourth-order valence-electron chi connectivity index (χ4n) is 3.62. The van der Waals surface area contributed by atoms with E-state index >= 15 is 0 Å². The number of pyridine rings is 1. The van der Waals surface area contributed by atoms with Crippen LogP contribution in [0.3, 0.4) is 0 Å². The first-order chi connectivity index (χ1) is 15.3. The molecule has 166 valence electrons. The van der Waals surface area contributed by atoms with E-state index in [2.05, 4.69) is 36.0 Å². The lowest BCUT2D eigenvalue weighted by Gasteiger charge is -2.29. The van der Waals surface area contributed by atoms with Crippen LogP contribution in [0.15, 0.2) is 30.5 Å². The Balaban J connectivity index is 1.77. The summed E-state index contributed by atoms with van der Waals surface area (Å²) in [4.78, 5) is 33.8. The number of carbonyl (C=O) groups excluding carboxylic acids is 2. The molecule has 32 heavy (non-hydrogen) atoms. The van der Waals surface area contributed by atoms with Crippen molar-refractivity contribution in [3.8, 4) is 11.3 Å². The Bertz CT molecular complexity index is 1200. The number of para-hydroxylation sites is 1. The molecule has 0 saturated carbocycles. The van der Waals surface area contributed by atoms with Crippen molar-refractivity contribution in [3.05, 3.63) is 41.7 Å². The van der Waals surface area contributed by atoms with Crippen LogP contribution in [0.4, 0.5) is 27.7 Å². The van der Waals surface area contributed by atoms with Crippen LogP contribution in [-0.4, -0.2) is 65.0 Å². The van der Waals surface area contributed by atoms with Gasteiger partial charge in [0, 0.05) is 53.1 Å². The molecule has 0 atom stereocenters. The number of fused-ring (bicyclic) bond motifs is 3. The van der Waals surface area contributed by atoms with Gasteiger partial charge in [-0.15, -0.1) is 0 Å². The number of benzene rings is 1. The van der Waals surface area contributed by atoms with E-state index < -0.39 is 0 Å². The number of anilines is 4. The first kappa shape index (κ1) is 21.1. The van der Waals surface area contributed by atoms with E-state index in [1.807, 2.05) is 25.2 Å². The highest BCUT2D eigenvalue weighted by Crippen LogP contribution is 2.42. The third-order valence-electron chi connectivity index (χ3n) is 5.13. The highest BCUT2D eigenvalue weighted by atomic mass is 16.2. The van der Waals surface area contributed by atoms with E-state index in [1.54, 1.807) is 39.1 Å². The molecule has 3 heterocycles. The average Bonchev–Trinajstić information content (AvgIpc) is 3.13. The number of urea groups is 1. The molecule has 1 aliphatic rings. The zero-order chi connectivity index (χ0) is 23.0. The quantitative estimate of drug-likeness (QED) is 0.573. The first-order valence-electron chi connectivity index (χ1n) is 10.0. The molecular formula is C21H25N9O2. The summed E-state index contributed by atoms with van der Waals surface area (Å²) in [5, 5.41) is 17.7. The molecule has 3 N–H and O–H groups in total. The maximum atomic E-state index is 12.5. The normalized spacial score (nSPS) is 12.0. The zero-order valence-corrected chi connectivity index (χ0v) is 18.6. The predicted molar refractivity (Wildman–Crippen MR) is 122 cm³/mol. The van der Waals surface area contributed by atoms with Crippen LogP contribution in [0.5, 0.6) is 0 Å². The third kappa shape index (κ3) is 3.80. The van der Waals surface area contributed by atoms with Gasteiger partial charge in [-0.2, -0.15) is 15.0 Å². The smallest absolute Gasteiger partial charge is 0.322 e. The minimum absolute atomic E-state index is 0.292. The zero-order valence-electron chi connectivity index (χ0n) is 18.6. The second-order valence-corrected chi connectivity index (χ2v) is 7.69. The molecule has 11 heteroatoms. The summed E-state index contributed by atoms with van der Waals surface area (Å²) in [5.74, 6) is 0.0353. The van der Waals surface area contributed by atoms with E-state index in [0.717, 1.165) is 28.3 Å². The second kappa shape index (κ2) is 8.17. The SMILES string of the molecule is CNC(=O)c1cnc(NC(=O)N(C)C)cc1Nc1cccc2c1N(C)Cc1nn(C)nc1-2. The lowest BCUT2D eigenvalue weighted by Crippen LogP contribution is -2.28. The topological polar surface area (TPSA) is 120 Å². The van der Waals surface area contributed by atoms with Gasteiger partial charge < -0.3 is 20.4 Å². The van der Waals surface area contributed by atoms with Crippen LogP contribution in [0.1, 0.15) is 16.1 Å². The van der Waals surface area contributed by atoms with Gasteiger partial charge in [0.2, 0.25) is 0 Å². The minimum Gasteiger partial charge on any atom is -0.366 e. The molecule has 0 unspecified atom stereocenters. The fourth-order valence-corrected chi connectivity index (χ4v) is 3.62. The number of nitrogens with one attached hydrogen (secondary N) is 3. The van der Waals surface area contributed by atoms with Crippen molar-refractivity contribution < 1.29 is 9.59 Å². The Hall–Kier alpha value is -4.15. The van der Waals surface area contributed by atoms with Crippen molar-refractivity contribution >= 4 is 34.8 Å². The van der Waals surface area contributed by atoms with Gasteiger partial charge in [-0.05, 0) is 6.07 Å². The fraction of sp³-hybridized carbons (Fsp3) is 0.286. The van der Waals surface area contributed by atoms with Gasteiger partial charge in [-0.1, -0.05) is 12.1 Å². The molecule has 0 bridgehead atoms. The summed E-state index contributed by atoms with van der Waals surface area (Å²) in [6.45, 7) is 0.609. The molecule has 1 aromatic carbocycles. The van der Waals surface area contributed by atoms with Crippen molar-refractivity contribution in [3.63, 3.8) is 0 Å². The number of aryl methyl sites for hydroxylation is 1. The maximum absolute atomic E-state index is 12.5. The largest absolute Gasteiger partial charge is 0.366 e. The van der Waals surface area contributed by atoms with Gasteiger partial charge >= 0.3 is 6.03 Å². The highest BCUT2D eigenvalue weighted by molar-refractivity contribution is 6.02. The number of aromatic nitrogens is 4. The maximum Gasteiger partial charge on any atom is 0.322 e. The van der Waals surface area contributed by atoms with Crippen molar-refractivity contribution in [2.45, 2.75) is 6.54 Å². The molecular weight excluding hydrogens is 410 g/mol. The number of hydrogen-bond acceptors (Lipinski definition) is 7. The van der Waals surface area contributed by atoms with Crippen LogP contribution in [-0.2, 0) is 13.6 Å². The average molecular weight is 435 g/mol. The van der Waals surface area contributed by atoms with Crippen molar-refractivity contribution in [1.82, 2.24) is 30.2 Å². The van der Waals surface area contributed by atoms with Crippen LogP contribution in [0.2, 0.25) is 0 Å². The number of rotatable bonds is 4. The van der Waals surface area contributed by atoms with Crippen LogP contribution in [0, 0.1) is 0 Å². The molecule has 11 nitrogen and oxygen atoms in total. The van der Waals surface area contributed by atoms with Crippen molar-refractivity contribution in [1.29, 1.82) is 0 Å². The number of hydrogen-bond donors (Lipinski definition) is 3. The Kier molecular flexibility index (Phi) is 5.39. The van der Waals surface area contributed by atoms with Gasteiger partial charge in [-0.3, -0.25) is 10.1 Å². The highest BCUT2D eigenvalue weighted by Gasteiger charge is 2.27. The molecule has 4 rings (SSSR count). The predicted octanol–water partition coefficient (Wildman–Crippen LogP) is 2.02. The number of nitrogens with zero attached hydrogens (tertiary/aromatic N) is 6. The van der Waals surface area contributed by atoms with Crippen LogP contribution < -0.4 is 20.9 Å². The molecule has 0 radical (unpaired) electrons. The third-order valence-corrected chi connectivity index (χ3v) is 5.13. The second-order valence-electron chi connectivity index (χ2n) is 7.69. The number of amides is 3. The van der Waals surface area contributed by atoms with Gasteiger partial charge in [0.05, 0.1) is 29.2 Å². The summed E-state index contributed by atoms with van der Waals surface area (Å²) in [6, 6.07) is 7.18. The lowest BCUT2D eigenvalue weighted by atomic mass is 10.0. The molecule has 0 spiro atoms. The van der Waals surface area contributed by atoms with E-state index in [0.29, 0.717) is 23.6 Å². The summed E-state index contributed by atoms with van der Waals surface area (Å²) < 4.78 is 0. The molecule has 2 aromatic heterocycles. The van der Waals surface area contributed by atoms with Gasteiger partial charge in [0.1, 0.15) is 17.2 Å². The Labute approximate surface area is 185 Å². The van der Waals surface area contributed by atoms with E-state index in [1.165, 1.54) is 11.1 Å². The molecule has 3 aromatic rings. The Morgan fingerprint density at radius 1 is 1.12 bits per heavy atom. The number of carbonyl (C=O) groups is 2. The van der Waals surface area contributed by atoms with E-state index in [4.69, 9.17) is 0 Å². The summed E-state index contributed by atoms with van der Waals surface area (Å²) in [5.41, 5.74) is 5.30. The van der Waals surface area contributed by atoms with Gasteiger partial charge in [0.15, 0.2) is 0 Å². The van der Waals surface area contributed by atoms with E-state index in [-0.39, 0.29) is 11.9 Å². The summed E-state index contributed by atoms with van der Waals surface area (Å²) >= 11 is 0. The Morgan fingerprint density at radius 3 is 2.62 bits per heavy atom. The first-order valence-corrected chi connectivity index (χ1v) is 10.0. The van der Waals surface area contributed by atoms with Gasteiger partial charge in [-0.25, -0.2) is 9.78 Å². The van der Waals surface area contributed by atoms with Gasteiger partial charge in [0.25, 0.3) is 5.91 Å². The molecule has 3 amide bonds. The monoisotopic (exact) mass is 435 g/mol. The van der Waals surface area contributed by atoms with Crippen molar-refractivity contribution in [2.24, 2.45) is 7.05 Å². The summed E-state index contributed by atoms with van der Waals surface area (Å²) in [6.07, 6.45) is 1.44. The molecule has 0 aliphatic carbocycles. The molecule has 0 fully saturated rings. The Morgan fingerprint density at radius 2 is 1.91 bits per heavy atom. The lowest BCUT2D eigenvalue weighted by molar-refractivity contribution is 0.0963. The van der Waals surface area contributed by atoms with Crippen molar-refractivity contribution in [2.75, 3.05) is 43.7 Å². The van der Waals surface area contributed by atoms with Crippen LogP contribution >= 0.6 is 0 Å². The van der Waals surface area contributed by atoms with Crippen LogP contribution in [0.25, 0.3) is 11.3 Å². The standard InChI is InChI=1S/C21H25N9O2/c1-22-20(31)13-10-23-17(25-21(32)28(2)3)9-15(13)24-14-8-6-7-12-18-16(26-30(5)27-18)11-29(4)19(12)14/h6-10H,11H2,1-5H3,(H,22,31)(H2,23,24,25,32). The van der Waals surface area contributed by atoms with E-state index in [9.17, 15) is 9.59 Å². The molecule has 1 aliphatic heterocycles. The minimum atomic E-state index is -0.317. The molecule has 0 saturated heterocycles.